The fourth-order valence-corrected chi connectivity index (χ4v) is 4.33. The summed E-state index contributed by atoms with van der Waals surface area (Å²) in [6.45, 7) is 3.40. The maximum absolute atomic E-state index is 12.7. The van der Waals surface area contributed by atoms with E-state index in [1.54, 1.807) is 13.1 Å². The van der Waals surface area contributed by atoms with Crippen molar-refractivity contribution in [2.75, 3.05) is 18.0 Å². The van der Waals surface area contributed by atoms with Crippen molar-refractivity contribution < 1.29 is 9.32 Å². The van der Waals surface area contributed by atoms with Gasteiger partial charge in [-0.05, 0) is 37.8 Å². The number of piperidine rings is 1. The Bertz CT molecular complexity index is 790. The normalized spacial score (nSPS) is 19.4. The maximum Gasteiger partial charge on any atom is 0.223 e. The number of nitrogens with one attached hydrogen (secondary N) is 1. The van der Waals surface area contributed by atoms with E-state index in [4.69, 9.17) is 4.52 Å². The molecule has 4 rings (SSSR count). The SMILES string of the molecule is Cc1nc(-c2cccnc2N2CCC(C(=O)NC3CCCCCC3)CC2)no1. The molecule has 1 aliphatic carbocycles. The molecule has 150 valence electrons. The van der Waals surface area contributed by atoms with Gasteiger partial charge in [-0.2, -0.15) is 4.98 Å². The molecule has 2 aliphatic rings. The van der Waals surface area contributed by atoms with Crippen molar-refractivity contribution in [3.63, 3.8) is 0 Å². The number of pyridine rings is 1. The third-order valence-electron chi connectivity index (χ3n) is 5.92. The van der Waals surface area contributed by atoms with Crippen LogP contribution in [0.15, 0.2) is 22.9 Å². The highest BCUT2D eigenvalue weighted by Crippen LogP contribution is 2.30. The molecular formula is C21H29N5O2. The standard InChI is InChI=1S/C21H29N5O2/c1-15-23-19(25-28-15)18-9-6-12-22-20(18)26-13-10-16(11-14-26)21(27)24-17-7-4-2-3-5-8-17/h6,9,12,16-17H,2-5,7-8,10-11,13-14H2,1H3,(H,24,27). The quantitative estimate of drug-likeness (QED) is 0.814. The molecule has 1 saturated carbocycles. The van der Waals surface area contributed by atoms with Crippen LogP contribution in [-0.2, 0) is 4.79 Å². The van der Waals surface area contributed by atoms with E-state index in [1.165, 1.54) is 25.7 Å². The lowest BCUT2D eigenvalue weighted by atomic mass is 9.94. The Hall–Kier alpha value is -2.44. The number of aromatic nitrogens is 3. The van der Waals surface area contributed by atoms with Crippen LogP contribution in [0.1, 0.15) is 57.3 Å². The molecule has 1 saturated heterocycles. The van der Waals surface area contributed by atoms with Crippen LogP contribution < -0.4 is 10.2 Å². The van der Waals surface area contributed by atoms with E-state index in [2.05, 4.69) is 25.3 Å². The highest BCUT2D eigenvalue weighted by molar-refractivity contribution is 5.79. The van der Waals surface area contributed by atoms with Crippen molar-refractivity contribution in [3.05, 3.63) is 24.2 Å². The van der Waals surface area contributed by atoms with Crippen LogP contribution in [0.4, 0.5) is 5.82 Å². The highest BCUT2D eigenvalue weighted by atomic mass is 16.5. The highest BCUT2D eigenvalue weighted by Gasteiger charge is 2.28. The van der Waals surface area contributed by atoms with Gasteiger partial charge in [-0.1, -0.05) is 30.8 Å². The van der Waals surface area contributed by atoms with Gasteiger partial charge in [0.15, 0.2) is 0 Å². The van der Waals surface area contributed by atoms with Crippen molar-refractivity contribution in [1.82, 2.24) is 20.4 Å². The number of amides is 1. The Morgan fingerprint density at radius 3 is 2.57 bits per heavy atom. The second-order valence-corrected chi connectivity index (χ2v) is 7.97. The molecule has 0 bridgehead atoms. The molecule has 7 nitrogen and oxygen atoms in total. The molecule has 0 spiro atoms. The van der Waals surface area contributed by atoms with Crippen LogP contribution in [0, 0.1) is 12.8 Å². The topological polar surface area (TPSA) is 84.2 Å². The Labute approximate surface area is 165 Å². The number of aryl methyl sites for hydroxylation is 1. The van der Waals surface area contributed by atoms with Gasteiger partial charge in [-0.25, -0.2) is 4.98 Å². The average molecular weight is 383 g/mol. The molecule has 1 aliphatic heterocycles. The molecule has 28 heavy (non-hydrogen) atoms. The lowest BCUT2D eigenvalue weighted by Gasteiger charge is -2.33. The van der Waals surface area contributed by atoms with Gasteiger partial charge < -0.3 is 14.7 Å². The lowest BCUT2D eigenvalue weighted by Crippen LogP contribution is -2.44. The summed E-state index contributed by atoms with van der Waals surface area (Å²) in [5.41, 5.74) is 0.876. The molecule has 0 atom stereocenters. The van der Waals surface area contributed by atoms with E-state index in [0.29, 0.717) is 17.8 Å². The van der Waals surface area contributed by atoms with Gasteiger partial charge in [-0.15, -0.1) is 0 Å². The van der Waals surface area contributed by atoms with Crippen LogP contribution in [0.25, 0.3) is 11.4 Å². The van der Waals surface area contributed by atoms with Gasteiger partial charge >= 0.3 is 0 Å². The van der Waals surface area contributed by atoms with Crippen LogP contribution in [0.2, 0.25) is 0 Å². The Kier molecular flexibility index (Phi) is 5.88. The number of hydrogen-bond acceptors (Lipinski definition) is 6. The zero-order chi connectivity index (χ0) is 19.3. The van der Waals surface area contributed by atoms with Gasteiger partial charge in [0, 0.05) is 38.2 Å². The van der Waals surface area contributed by atoms with Gasteiger partial charge in [0.25, 0.3) is 0 Å². The minimum atomic E-state index is 0.0964. The fraction of sp³-hybridized carbons (Fsp3) is 0.619. The Morgan fingerprint density at radius 2 is 1.89 bits per heavy atom. The maximum atomic E-state index is 12.7. The van der Waals surface area contributed by atoms with Crippen LogP contribution in [0.3, 0.4) is 0 Å². The number of anilines is 1. The zero-order valence-corrected chi connectivity index (χ0v) is 16.6. The third kappa shape index (κ3) is 4.34. The first-order chi connectivity index (χ1) is 13.7. The summed E-state index contributed by atoms with van der Waals surface area (Å²) < 4.78 is 5.13. The van der Waals surface area contributed by atoms with E-state index < -0.39 is 0 Å². The fourth-order valence-electron chi connectivity index (χ4n) is 4.33. The zero-order valence-electron chi connectivity index (χ0n) is 16.6. The largest absolute Gasteiger partial charge is 0.356 e. The van der Waals surface area contributed by atoms with Gasteiger partial charge in [0.1, 0.15) is 5.82 Å². The number of rotatable bonds is 4. The van der Waals surface area contributed by atoms with Crippen LogP contribution in [-0.4, -0.2) is 40.2 Å². The van der Waals surface area contributed by atoms with Gasteiger partial charge in [0.05, 0.1) is 5.56 Å². The van der Waals surface area contributed by atoms with Crippen molar-refractivity contribution in [2.45, 2.75) is 64.3 Å². The molecule has 1 N–H and O–H groups in total. The predicted octanol–water partition coefficient (Wildman–Crippen LogP) is 3.50. The number of carbonyl (C=O) groups is 1. The minimum Gasteiger partial charge on any atom is -0.356 e. The monoisotopic (exact) mass is 383 g/mol. The van der Waals surface area contributed by atoms with Crippen molar-refractivity contribution in [2.24, 2.45) is 5.92 Å². The van der Waals surface area contributed by atoms with Crippen molar-refractivity contribution in [1.29, 1.82) is 0 Å². The Balaban J connectivity index is 1.37. The Morgan fingerprint density at radius 1 is 1.14 bits per heavy atom. The average Bonchev–Trinajstić information content (AvgIpc) is 3.00. The number of carbonyl (C=O) groups excluding carboxylic acids is 1. The van der Waals surface area contributed by atoms with Crippen LogP contribution in [0.5, 0.6) is 0 Å². The number of nitrogens with zero attached hydrogens (tertiary/aromatic N) is 4. The first-order valence-corrected chi connectivity index (χ1v) is 10.5. The van der Waals surface area contributed by atoms with E-state index in [0.717, 1.165) is 50.2 Å². The van der Waals surface area contributed by atoms with Gasteiger partial charge in [-0.3, -0.25) is 4.79 Å². The van der Waals surface area contributed by atoms with Crippen molar-refractivity contribution in [3.8, 4) is 11.4 Å². The van der Waals surface area contributed by atoms with Crippen LogP contribution >= 0.6 is 0 Å². The minimum absolute atomic E-state index is 0.0964. The second kappa shape index (κ2) is 8.71. The molecule has 0 radical (unpaired) electrons. The first kappa shape index (κ1) is 18.9. The summed E-state index contributed by atoms with van der Waals surface area (Å²) in [7, 11) is 0. The molecule has 1 amide bonds. The summed E-state index contributed by atoms with van der Waals surface area (Å²) in [5.74, 6) is 2.30. The third-order valence-corrected chi connectivity index (χ3v) is 5.92. The second-order valence-electron chi connectivity index (χ2n) is 7.97. The molecule has 2 aromatic rings. The van der Waals surface area contributed by atoms with E-state index in [1.807, 2.05) is 12.1 Å². The van der Waals surface area contributed by atoms with Crippen molar-refractivity contribution >= 4 is 11.7 Å². The summed E-state index contributed by atoms with van der Waals surface area (Å²) >= 11 is 0. The molecule has 2 fully saturated rings. The van der Waals surface area contributed by atoms with E-state index >= 15 is 0 Å². The predicted molar refractivity (Wildman–Crippen MR) is 107 cm³/mol. The lowest BCUT2D eigenvalue weighted by molar-refractivity contribution is -0.126. The van der Waals surface area contributed by atoms with Gasteiger partial charge in [0.2, 0.25) is 17.6 Å². The molecular weight excluding hydrogens is 354 g/mol. The molecule has 0 aromatic carbocycles. The first-order valence-electron chi connectivity index (χ1n) is 10.5. The smallest absolute Gasteiger partial charge is 0.223 e. The van der Waals surface area contributed by atoms with E-state index in [-0.39, 0.29) is 11.8 Å². The summed E-state index contributed by atoms with van der Waals surface area (Å²) in [4.78, 5) is 23.9. The molecule has 0 unspecified atom stereocenters. The molecule has 7 heteroatoms. The molecule has 2 aromatic heterocycles. The molecule has 3 heterocycles. The van der Waals surface area contributed by atoms with E-state index in [9.17, 15) is 4.79 Å². The summed E-state index contributed by atoms with van der Waals surface area (Å²) in [5, 5.41) is 7.36. The summed E-state index contributed by atoms with van der Waals surface area (Å²) in [6, 6.07) is 4.23. The number of hydrogen-bond donors (Lipinski definition) is 1. The summed E-state index contributed by atoms with van der Waals surface area (Å²) in [6.07, 6.45) is 10.8.